The highest BCUT2D eigenvalue weighted by Crippen LogP contribution is 2.34. The van der Waals surface area contributed by atoms with Crippen LogP contribution in [0.1, 0.15) is 32.3 Å². The normalized spacial score (nSPS) is 18.2. The van der Waals surface area contributed by atoms with Gasteiger partial charge in [-0.1, -0.05) is 18.2 Å². The Balaban J connectivity index is 1.30. The molecule has 3 heterocycles. The van der Waals surface area contributed by atoms with Crippen molar-refractivity contribution in [3.05, 3.63) is 60.2 Å². The van der Waals surface area contributed by atoms with Crippen LogP contribution in [0, 0.1) is 12.7 Å². The third-order valence-electron chi connectivity index (χ3n) is 8.14. The number of piperazine rings is 1. The number of anilines is 3. The van der Waals surface area contributed by atoms with Crippen LogP contribution in [0.5, 0.6) is 0 Å². The predicted octanol–water partition coefficient (Wildman–Crippen LogP) is 4.96. The van der Waals surface area contributed by atoms with E-state index in [1.807, 2.05) is 31.3 Å². The minimum atomic E-state index is -3.75. The fraction of sp³-hybridized carbons (Fsp3) is 0.387. The summed E-state index contributed by atoms with van der Waals surface area (Å²) in [7, 11) is -1.58. The van der Waals surface area contributed by atoms with Crippen molar-refractivity contribution in [2.75, 3.05) is 43.6 Å². The van der Waals surface area contributed by atoms with Gasteiger partial charge in [0.1, 0.15) is 4.90 Å². The van der Waals surface area contributed by atoms with Gasteiger partial charge in [-0.3, -0.25) is 9.69 Å². The molecule has 1 aliphatic heterocycles. The second kappa shape index (κ2) is 12.4. The summed E-state index contributed by atoms with van der Waals surface area (Å²) in [5.41, 5.74) is 3.60. The van der Waals surface area contributed by atoms with Crippen LogP contribution in [0.25, 0.3) is 22.2 Å². The van der Waals surface area contributed by atoms with Crippen LogP contribution >= 0.6 is 0 Å². The van der Waals surface area contributed by atoms with Gasteiger partial charge in [0.25, 0.3) is 0 Å². The van der Waals surface area contributed by atoms with E-state index in [1.54, 1.807) is 6.20 Å². The maximum absolute atomic E-state index is 14.9. The summed E-state index contributed by atoms with van der Waals surface area (Å²) >= 11 is 0. The third kappa shape index (κ3) is 6.71. The van der Waals surface area contributed by atoms with Crippen LogP contribution in [0.3, 0.4) is 0 Å². The van der Waals surface area contributed by atoms with Crippen molar-refractivity contribution in [3.63, 3.8) is 0 Å². The van der Waals surface area contributed by atoms with Crippen LogP contribution in [0.15, 0.2) is 53.7 Å². The number of aromatic nitrogens is 3. The van der Waals surface area contributed by atoms with Crippen LogP contribution < -0.4 is 10.6 Å². The Morgan fingerprint density at radius 3 is 2.53 bits per heavy atom. The Labute approximate surface area is 251 Å². The molecule has 0 unspecified atom stereocenters. The lowest BCUT2D eigenvalue weighted by molar-refractivity contribution is -0.116. The molecule has 0 aliphatic carbocycles. The molecule has 12 heteroatoms. The highest BCUT2D eigenvalue weighted by molar-refractivity contribution is 7.90. The Hall–Kier alpha value is -3.87. The molecule has 5 rings (SSSR count). The molecule has 228 valence electrons. The number of likely N-dealkylation sites (N-methyl/N-ethyl adjacent to an activating group) is 1. The summed E-state index contributed by atoms with van der Waals surface area (Å²) in [5.74, 6) is -0.814. The van der Waals surface area contributed by atoms with Crippen LogP contribution in [0.2, 0.25) is 0 Å². The van der Waals surface area contributed by atoms with Crippen molar-refractivity contribution in [2.24, 2.45) is 0 Å². The summed E-state index contributed by atoms with van der Waals surface area (Å²) in [5, 5.41) is 6.73. The number of aryl methyl sites for hydroxylation is 1. The minimum Gasteiger partial charge on any atom is -0.359 e. The molecule has 2 aromatic carbocycles. The lowest BCUT2D eigenvalue weighted by Crippen LogP contribution is -2.54. The molecule has 0 saturated carbocycles. The summed E-state index contributed by atoms with van der Waals surface area (Å²) in [4.78, 5) is 29.5. The van der Waals surface area contributed by atoms with E-state index in [-0.39, 0.29) is 17.5 Å². The number of carbonyl (C=O) groups excluding carboxylic acids is 1. The third-order valence-corrected chi connectivity index (χ3v) is 9.25. The molecule has 2 atom stereocenters. The van der Waals surface area contributed by atoms with Crippen molar-refractivity contribution in [1.29, 1.82) is 0 Å². The second-order valence-electron chi connectivity index (χ2n) is 11.4. The zero-order valence-corrected chi connectivity index (χ0v) is 25.9. The number of aromatic amines is 1. The SMILES string of the molecule is Cc1cnc(Nc2cccc(S(C)(=O)=O)c2F)nc1-c1c[nH]c2c(NC(=O)CCCN3C[C@H](C)N(C)[C@@H](C)C3)cccc12. The maximum atomic E-state index is 14.9. The number of H-pyrrole nitrogens is 1. The van der Waals surface area contributed by atoms with E-state index >= 15 is 0 Å². The number of hydrogen-bond acceptors (Lipinski definition) is 8. The second-order valence-corrected chi connectivity index (χ2v) is 13.4. The highest BCUT2D eigenvalue weighted by Gasteiger charge is 2.26. The molecule has 1 amide bonds. The van der Waals surface area contributed by atoms with E-state index in [4.69, 9.17) is 0 Å². The van der Waals surface area contributed by atoms with E-state index in [0.29, 0.717) is 29.9 Å². The van der Waals surface area contributed by atoms with E-state index in [2.05, 4.69) is 56.3 Å². The molecule has 0 bridgehead atoms. The van der Waals surface area contributed by atoms with Gasteiger partial charge in [-0.2, -0.15) is 0 Å². The average Bonchev–Trinajstić information content (AvgIpc) is 3.38. The first kappa shape index (κ1) is 30.6. The standard InChI is InChI=1S/C31H38FN7O3S/c1-19-15-34-31(36-24-10-7-12-26(28(24)32)43(5,41)42)37-29(19)23-16-33-30-22(23)9-6-11-25(30)35-27(40)13-8-14-39-17-20(2)38(4)21(3)18-39/h6-7,9-12,15-16,20-21,33H,8,13-14,17-18H2,1-5H3,(H,35,40)(H,34,36,37)/t20-,21-/m0/s1. The first-order valence-corrected chi connectivity index (χ1v) is 16.3. The number of hydrogen-bond donors (Lipinski definition) is 3. The molecule has 10 nitrogen and oxygen atoms in total. The van der Waals surface area contributed by atoms with Gasteiger partial charge in [-0.05, 0) is 64.5 Å². The van der Waals surface area contributed by atoms with E-state index in [9.17, 15) is 17.6 Å². The topological polar surface area (TPSA) is 123 Å². The molecule has 4 aromatic rings. The van der Waals surface area contributed by atoms with Crippen LogP contribution in [-0.2, 0) is 14.6 Å². The monoisotopic (exact) mass is 607 g/mol. The highest BCUT2D eigenvalue weighted by atomic mass is 32.2. The first-order valence-electron chi connectivity index (χ1n) is 14.4. The van der Waals surface area contributed by atoms with Gasteiger partial charge in [-0.15, -0.1) is 0 Å². The number of nitrogens with zero attached hydrogens (tertiary/aromatic N) is 4. The van der Waals surface area contributed by atoms with E-state index in [0.717, 1.165) is 54.3 Å². The Bertz CT molecular complexity index is 1750. The maximum Gasteiger partial charge on any atom is 0.227 e. The first-order chi connectivity index (χ1) is 20.4. The average molecular weight is 608 g/mol. The minimum absolute atomic E-state index is 0.0399. The molecule has 0 spiro atoms. The quantitative estimate of drug-likeness (QED) is 0.244. The van der Waals surface area contributed by atoms with Crippen molar-refractivity contribution < 1.29 is 17.6 Å². The molecule has 3 N–H and O–H groups in total. The molecular formula is C31H38FN7O3S. The number of fused-ring (bicyclic) bond motifs is 1. The molecule has 1 saturated heterocycles. The van der Waals surface area contributed by atoms with E-state index in [1.165, 1.54) is 18.2 Å². The van der Waals surface area contributed by atoms with Crippen LogP contribution in [-0.4, -0.2) is 84.1 Å². The number of rotatable bonds is 9. The molecule has 1 aliphatic rings. The van der Waals surface area contributed by atoms with Crippen LogP contribution in [0.4, 0.5) is 21.7 Å². The van der Waals surface area contributed by atoms with Crippen molar-refractivity contribution in [3.8, 4) is 11.3 Å². The van der Waals surface area contributed by atoms with Gasteiger partial charge in [0.15, 0.2) is 15.7 Å². The zero-order valence-electron chi connectivity index (χ0n) is 25.1. The number of halogens is 1. The number of benzene rings is 2. The van der Waals surface area contributed by atoms with Gasteiger partial charge in [0.05, 0.1) is 22.6 Å². The van der Waals surface area contributed by atoms with Gasteiger partial charge >= 0.3 is 0 Å². The fourth-order valence-electron chi connectivity index (χ4n) is 5.62. The molecular weight excluding hydrogens is 569 g/mol. The lowest BCUT2D eigenvalue weighted by atomic mass is 10.1. The largest absolute Gasteiger partial charge is 0.359 e. The summed E-state index contributed by atoms with van der Waals surface area (Å²) < 4.78 is 38.8. The summed E-state index contributed by atoms with van der Waals surface area (Å²) in [6.45, 7) is 9.25. The predicted molar refractivity (Wildman–Crippen MR) is 168 cm³/mol. The van der Waals surface area contributed by atoms with E-state index < -0.39 is 20.5 Å². The van der Waals surface area contributed by atoms with Gasteiger partial charge in [0, 0.05) is 61.2 Å². The fourth-order valence-corrected chi connectivity index (χ4v) is 6.38. The molecule has 0 radical (unpaired) electrons. The Morgan fingerprint density at radius 2 is 1.81 bits per heavy atom. The van der Waals surface area contributed by atoms with Gasteiger partial charge < -0.3 is 20.5 Å². The van der Waals surface area contributed by atoms with Gasteiger partial charge in [-0.25, -0.2) is 22.8 Å². The molecule has 43 heavy (non-hydrogen) atoms. The van der Waals surface area contributed by atoms with Crippen molar-refractivity contribution >= 4 is 44.0 Å². The lowest BCUT2D eigenvalue weighted by Gasteiger charge is -2.42. The molecule has 2 aromatic heterocycles. The van der Waals surface area contributed by atoms with Gasteiger partial charge in [0.2, 0.25) is 11.9 Å². The Morgan fingerprint density at radius 1 is 1.12 bits per heavy atom. The number of para-hydroxylation sites is 1. The zero-order chi connectivity index (χ0) is 30.9. The summed E-state index contributed by atoms with van der Waals surface area (Å²) in [6, 6.07) is 10.8. The number of carbonyl (C=O) groups is 1. The number of sulfone groups is 1. The Kier molecular flexibility index (Phi) is 8.81. The number of nitrogens with one attached hydrogen (secondary N) is 3. The summed E-state index contributed by atoms with van der Waals surface area (Å²) in [6.07, 6.45) is 5.61. The number of amides is 1. The molecule has 1 fully saturated rings. The van der Waals surface area contributed by atoms with Crippen molar-refractivity contribution in [1.82, 2.24) is 24.8 Å². The van der Waals surface area contributed by atoms with Crippen molar-refractivity contribution in [2.45, 2.75) is 50.6 Å². The smallest absolute Gasteiger partial charge is 0.227 e.